The number of carbonyl (C=O) groups excluding carboxylic acids is 1. The lowest BCUT2D eigenvalue weighted by molar-refractivity contribution is 0.0978. The lowest BCUT2D eigenvalue weighted by atomic mass is 10.2. The van der Waals surface area contributed by atoms with Crippen molar-refractivity contribution in [2.24, 2.45) is 0 Å². The van der Waals surface area contributed by atoms with E-state index in [0.29, 0.717) is 12.2 Å². The van der Waals surface area contributed by atoms with E-state index in [-0.39, 0.29) is 11.6 Å². The predicted octanol–water partition coefficient (Wildman–Crippen LogP) is 2.35. The Labute approximate surface area is 105 Å². The number of nitrogens with zero attached hydrogens (tertiary/aromatic N) is 3. The minimum Gasteiger partial charge on any atom is -0.307 e. The van der Waals surface area contributed by atoms with Crippen molar-refractivity contribution in [3.63, 3.8) is 0 Å². The lowest BCUT2D eigenvalue weighted by Crippen LogP contribution is -2.31. The molecule has 1 aromatic heterocycles. The lowest BCUT2D eigenvalue weighted by Gasteiger charge is -2.20. The van der Waals surface area contributed by atoms with Gasteiger partial charge in [0.15, 0.2) is 5.69 Å². The van der Waals surface area contributed by atoms with Crippen molar-refractivity contribution in [1.29, 1.82) is 0 Å². The number of rotatable bonds is 3. The van der Waals surface area contributed by atoms with E-state index in [1.54, 1.807) is 11.8 Å². The summed E-state index contributed by atoms with van der Waals surface area (Å²) in [5.74, 6) is -0.193. The molecule has 0 spiro atoms. The average molecular weight is 245 g/mol. The van der Waals surface area contributed by atoms with E-state index in [2.05, 4.69) is 14.9 Å². The largest absolute Gasteiger partial charge is 0.307 e. The Kier molecular flexibility index (Phi) is 3.41. The van der Waals surface area contributed by atoms with E-state index in [0.717, 1.165) is 11.3 Å². The maximum Gasteiger partial charge on any atom is 0.282 e. The predicted molar refractivity (Wildman–Crippen MR) is 67.6 cm³/mol. The molecular formula is C13H15N3O2. The van der Waals surface area contributed by atoms with Crippen molar-refractivity contribution in [2.45, 2.75) is 20.8 Å². The van der Waals surface area contributed by atoms with E-state index in [9.17, 15) is 4.79 Å². The molecule has 1 aromatic carbocycles. The molecule has 94 valence electrons. The number of anilines is 1. The molecular weight excluding hydrogens is 230 g/mol. The number of benzene rings is 1. The second-order valence-corrected chi connectivity index (χ2v) is 4.09. The van der Waals surface area contributed by atoms with Crippen LogP contribution in [0.15, 0.2) is 28.9 Å². The van der Waals surface area contributed by atoms with Crippen molar-refractivity contribution in [3.05, 3.63) is 41.2 Å². The van der Waals surface area contributed by atoms with Crippen molar-refractivity contribution in [2.75, 3.05) is 11.4 Å². The number of amides is 1. The Bertz CT molecular complexity index is 563. The molecule has 2 rings (SSSR count). The quantitative estimate of drug-likeness (QED) is 0.832. The molecule has 0 radical (unpaired) electrons. The zero-order valence-electron chi connectivity index (χ0n) is 10.7. The number of hydrogen-bond acceptors (Lipinski definition) is 4. The van der Waals surface area contributed by atoms with Crippen LogP contribution in [0.5, 0.6) is 0 Å². The van der Waals surface area contributed by atoms with Crippen LogP contribution in [0, 0.1) is 13.8 Å². The first kappa shape index (κ1) is 12.3. The van der Waals surface area contributed by atoms with Crippen LogP contribution >= 0.6 is 0 Å². The average Bonchev–Trinajstić information content (AvgIpc) is 2.76. The van der Waals surface area contributed by atoms with E-state index >= 15 is 0 Å². The van der Waals surface area contributed by atoms with Gasteiger partial charge in [0.05, 0.1) is 0 Å². The highest BCUT2D eigenvalue weighted by Crippen LogP contribution is 2.18. The van der Waals surface area contributed by atoms with Crippen molar-refractivity contribution in [1.82, 2.24) is 10.3 Å². The number of aromatic nitrogens is 2. The van der Waals surface area contributed by atoms with Crippen LogP contribution in [0.3, 0.4) is 0 Å². The second-order valence-electron chi connectivity index (χ2n) is 4.09. The van der Waals surface area contributed by atoms with Crippen LogP contribution < -0.4 is 4.90 Å². The first-order valence-electron chi connectivity index (χ1n) is 5.81. The summed E-state index contributed by atoms with van der Waals surface area (Å²) in [5.41, 5.74) is 2.73. The van der Waals surface area contributed by atoms with Gasteiger partial charge >= 0.3 is 0 Å². The van der Waals surface area contributed by atoms with Gasteiger partial charge in [-0.15, -0.1) is 0 Å². The summed E-state index contributed by atoms with van der Waals surface area (Å²) in [7, 11) is 0. The van der Waals surface area contributed by atoms with Crippen LogP contribution in [0.25, 0.3) is 0 Å². The minimum atomic E-state index is -0.193. The highest BCUT2D eigenvalue weighted by Gasteiger charge is 2.22. The first-order chi connectivity index (χ1) is 8.63. The molecule has 0 aliphatic carbocycles. The van der Waals surface area contributed by atoms with Gasteiger partial charge in [-0.3, -0.25) is 4.79 Å². The summed E-state index contributed by atoms with van der Waals surface area (Å²) >= 11 is 0. The Morgan fingerprint density at radius 1 is 1.33 bits per heavy atom. The van der Waals surface area contributed by atoms with Gasteiger partial charge in [-0.2, -0.15) is 0 Å². The fourth-order valence-electron chi connectivity index (χ4n) is 1.79. The SMILES string of the molecule is CCN(C(=O)c1nonc1C)c1cccc(C)c1. The summed E-state index contributed by atoms with van der Waals surface area (Å²) in [5, 5.41) is 7.29. The highest BCUT2D eigenvalue weighted by molar-refractivity contribution is 6.05. The molecule has 2 aromatic rings. The summed E-state index contributed by atoms with van der Waals surface area (Å²) in [6, 6.07) is 7.78. The van der Waals surface area contributed by atoms with Crippen LogP contribution in [-0.2, 0) is 0 Å². The number of hydrogen-bond donors (Lipinski definition) is 0. The van der Waals surface area contributed by atoms with E-state index < -0.39 is 0 Å². The molecule has 0 aliphatic rings. The topological polar surface area (TPSA) is 59.2 Å². The zero-order valence-corrected chi connectivity index (χ0v) is 10.7. The molecule has 0 fully saturated rings. The summed E-state index contributed by atoms with van der Waals surface area (Å²) in [6.07, 6.45) is 0. The van der Waals surface area contributed by atoms with Crippen LogP contribution in [0.2, 0.25) is 0 Å². The van der Waals surface area contributed by atoms with Gasteiger partial charge in [0.1, 0.15) is 5.69 Å². The maximum absolute atomic E-state index is 12.3. The van der Waals surface area contributed by atoms with Gasteiger partial charge in [0, 0.05) is 12.2 Å². The highest BCUT2D eigenvalue weighted by atomic mass is 16.6. The molecule has 0 bridgehead atoms. The van der Waals surface area contributed by atoms with Gasteiger partial charge in [-0.05, 0) is 43.6 Å². The molecule has 1 amide bonds. The number of carbonyl (C=O) groups is 1. The summed E-state index contributed by atoms with van der Waals surface area (Å²) in [6.45, 7) is 6.18. The molecule has 0 atom stereocenters. The standard InChI is InChI=1S/C13H15N3O2/c1-4-16(11-7-5-6-9(2)8-11)13(17)12-10(3)14-18-15-12/h5-8H,4H2,1-3H3. The van der Waals surface area contributed by atoms with Crippen LogP contribution in [0.4, 0.5) is 5.69 Å². The molecule has 5 heteroatoms. The molecule has 0 unspecified atom stereocenters. The van der Waals surface area contributed by atoms with Gasteiger partial charge in [-0.25, -0.2) is 4.63 Å². The van der Waals surface area contributed by atoms with Crippen LogP contribution in [-0.4, -0.2) is 22.8 Å². The monoisotopic (exact) mass is 245 g/mol. The third kappa shape index (κ3) is 2.25. The third-order valence-electron chi connectivity index (χ3n) is 2.73. The van der Waals surface area contributed by atoms with Gasteiger partial charge in [-0.1, -0.05) is 17.3 Å². The molecule has 18 heavy (non-hydrogen) atoms. The van der Waals surface area contributed by atoms with Crippen molar-refractivity contribution < 1.29 is 9.42 Å². The summed E-state index contributed by atoms with van der Waals surface area (Å²) < 4.78 is 4.57. The van der Waals surface area contributed by atoms with E-state index in [4.69, 9.17) is 0 Å². The third-order valence-corrected chi connectivity index (χ3v) is 2.73. The van der Waals surface area contributed by atoms with Gasteiger partial charge < -0.3 is 4.90 Å². The smallest absolute Gasteiger partial charge is 0.282 e. The summed E-state index contributed by atoms with van der Waals surface area (Å²) in [4.78, 5) is 14.0. The Hall–Kier alpha value is -2.17. The Morgan fingerprint density at radius 3 is 2.67 bits per heavy atom. The first-order valence-corrected chi connectivity index (χ1v) is 5.81. The molecule has 0 N–H and O–H groups in total. The fourth-order valence-corrected chi connectivity index (χ4v) is 1.79. The van der Waals surface area contributed by atoms with Crippen molar-refractivity contribution in [3.8, 4) is 0 Å². The van der Waals surface area contributed by atoms with Crippen molar-refractivity contribution >= 4 is 11.6 Å². The number of aryl methyl sites for hydroxylation is 2. The van der Waals surface area contributed by atoms with E-state index in [1.807, 2.05) is 38.1 Å². The fraction of sp³-hybridized carbons (Fsp3) is 0.308. The molecule has 1 heterocycles. The zero-order chi connectivity index (χ0) is 13.1. The second kappa shape index (κ2) is 5.00. The molecule has 0 saturated carbocycles. The Morgan fingerprint density at radius 2 is 2.11 bits per heavy atom. The molecule has 0 saturated heterocycles. The van der Waals surface area contributed by atoms with Crippen LogP contribution in [0.1, 0.15) is 28.7 Å². The molecule has 5 nitrogen and oxygen atoms in total. The molecule has 0 aliphatic heterocycles. The maximum atomic E-state index is 12.3. The Balaban J connectivity index is 2.35. The minimum absolute atomic E-state index is 0.193. The van der Waals surface area contributed by atoms with Gasteiger partial charge in [0.2, 0.25) is 0 Å². The van der Waals surface area contributed by atoms with E-state index in [1.165, 1.54) is 0 Å². The normalized spacial score (nSPS) is 10.4. The van der Waals surface area contributed by atoms with Gasteiger partial charge in [0.25, 0.3) is 5.91 Å².